The van der Waals surface area contributed by atoms with E-state index in [0.717, 1.165) is 23.6 Å². The van der Waals surface area contributed by atoms with Crippen molar-refractivity contribution >= 4 is 5.69 Å². The van der Waals surface area contributed by atoms with Crippen LogP contribution in [0.25, 0.3) is 0 Å². The van der Waals surface area contributed by atoms with Gasteiger partial charge in [0.2, 0.25) is 0 Å². The Labute approximate surface area is 98.0 Å². The van der Waals surface area contributed by atoms with E-state index in [1.165, 1.54) is 0 Å². The Kier molecular flexibility index (Phi) is 4.47. The van der Waals surface area contributed by atoms with Crippen molar-refractivity contribution in [3.8, 4) is 11.5 Å². The number of methoxy groups -OCH3 is 2. The molecule has 0 aromatic heterocycles. The van der Waals surface area contributed by atoms with Crippen LogP contribution in [0.3, 0.4) is 0 Å². The maximum atomic E-state index is 5.25. The van der Waals surface area contributed by atoms with Crippen molar-refractivity contribution in [1.29, 1.82) is 0 Å². The summed E-state index contributed by atoms with van der Waals surface area (Å²) >= 11 is 0. The van der Waals surface area contributed by atoms with Crippen molar-refractivity contribution in [3.63, 3.8) is 0 Å². The fourth-order valence-electron chi connectivity index (χ4n) is 1.52. The lowest BCUT2D eigenvalue weighted by Crippen LogP contribution is -2.27. The molecule has 0 fully saturated rings. The molecule has 0 saturated heterocycles. The Hall–Kier alpha value is -1.38. The van der Waals surface area contributed by atoms with Crippen molar-refractivity contribution in [2.45, 2.75) is 26.3 Å². The summed E-state index contributed by atoms with van der Waals surface area (Å²) in [5, 5.41) is 0. The molecule has 1 aromatic carbocycles. The van der Waals surface area contributed by atoms with E-state index in [1.807, 2.05) is 18.2 Å². The minimum absolute atomic E-state index is 0.497. The Morgan fingerprint density at radius 3 is 2.00 bits per heavy atom. The molecule has 1 unspecified atom stereocenters. The van der Waals surface area contributed by atoms with Gasteiger partial charge in [-0.15, -0.1) is 0 Å². The molecule has 0 saturated carbocycles. The maximum absolute atomic E-state index is 5.25. The van der Waals surface area contributed by atoms with Crippen LogP contribution < -0.4 is 14.4 Å². The zero-order valence-electron chi connectivity index (χ0n) is 10.8. The van der Waals surface area contributed by atoms with Crippen molar-refractivity contribution in [3.05, 3.63) is 18.2 Å². The van der Waals surface area contributed by atoms with E-state index >= 15 is 0 Å². The van der Waals surface area contributed by atoms with Gasteiger partial charge in [0.1, 0.15) is 11.5 Å². The highest BCUT2D eigenvalue weighted by Crippen LogP contribution is 2.28. The molecule has 0 aliphatic rings. The van der Waals surface area contributed by atoms with Gasteiger partial charge in [0.15, 0.2) is 0 Å². The van der Waals surface area contributed by atoms with Gasteiger partial charge in [-0.05, 0) is 13.3 Å². The molecule has 1 aromatic rings. The van der Waals surface area contributed by atoms with Crippen molar-refractivity contribution in [2.24, 2.45) is 0 Å². The van der Waals surface area contributed by atoms with Gasteiger partial charge >= 0.3 is 0 Å². The number of rotatable bonds is 5. The number of nitrogens with zero attached hydrogens (tertiary/aromatic N) is 1. The Morgan fingerprint density at radius 1 is 1.12 bits per heavy atom. The second-order valence-corrected chi connectivity index (χ2v) is 3.94. The van der Waals surface area contributed by atoms with E-state index in [-0.39, 0.29) is 0 Å². The van der Waals surface area contributed by atoms with Crippen LogP contribution in [-0.2, 0) is 0 Å². The van der Waals surface area contributed by atoms with E-state index in [1.54, 1.807) is 14.2 Å². The summed E-state index contributed by atoms with van der Waals surface area (Å²) in [5.41, 5.74) is 1.12. The van der Waals surface area contributed by atoms with E-state index in [4.69, 9.17) is 9.47 Å². The van der Waals surface area contributed by atoms with Gasteiger partial charge in [0, 0.05) is 37.0 Å². The minimum Gasteiger partial charge on any atom is -0.497 e. The molecule has 90 valence electrons. The highest BCUT2D eigenvalue weighted by molar-refractivity contribution is 5.55. The first-order valence-electron chi connectivity index (χ1n) is 5.58. The Bertz CT molecular complexity index is 316. The molecule has 0 bridgehead atoms. The molecule has 3 nitrogen and oxygen atoms in total. The van der Waals surface area contributed by atoms with Crippen LogP contribution in [0.2, 0.25) is 0 Å². The molecular weight excluding hydrogens is 202 g/mol. The van der Waals surface area contributed by atoms with Crippen LogP contribution in [0.4, 0.5) is 5.69 Å². The number of benzene rings is 1. The van der Waals surface area contributed by atoms with Crippen LogP contribution in [0.5, 0.6) is 11.5 Å². The monoisotopic (exact) mass is 223 g/mol. The fraction of sp³-hybridized carbons (Fsp3) is 0.538. The zero-order valence-corrected chi connectivity index (χ0v) is 10.8. The molecule has 1 atom stereocenters. The van der Waals surface area contributed by atoms with Crippen LogP contribution >= 0.6 is 0 Å². The molecular formula is C13H21NO2. The van der Waals surface area contributed by atoms with Crippen molar-refractivity contribution in [2.75, 3.05) is 26.2 Å². The summed E-state index contributed by atoms with van der Waals surface area (Å²) in [6, 6.07) is 6.42. The number of anilines is 1. The predicted octanol–water partition coefficient (Wildman–Crippen LogP) is 2.94. The first-order chi connectivity index (χ1) is 7.62. The average molecular weight is 223 g/mol. The first kappa shape index (κ1) is 12.7. The van der Waals surface area contributed by atoms with Crippen LogP contribution in [-0.4, -0.2) is 27.3 Å². The molecule has 16 heavy (non-hydrogen) atoms. The third-order valence-corrected chi connectivity index (χ3v) is 3.00. The second-order valence-electron chi connectivity index (χ2n) is 3.94. The van der Waals surface area contributed by atoms with E-state index in [2.05, 4.69) is 25.8 Å². The van der Waals surface area contributed by atoms with Crippen molar-refractivity contribution < 1.29 is 9.47 Å². The molecule has 0 aliphatic carbocycles. The summed E-state index contributed by atoms with van der Waals surface area (Å²) in [6.07, 6.45) is 1.11. The third-order valence-electron chi connectivity index (χ3n) is 3.00. The van der Waals surface area contributed by atoms with Crippen LogP contribution in [0.1, 0.15) is 20.3 Å². The van der Waals surface area contributed by atoms with Gasteiger partial charge in [-0.1, -0.05) is 6.92 Å². The lowest BCUT2D eigenvalue weighted by atomic mass is 10.2. The largest absolute Gasteiger partial charge is 0.497 e. The quantitative estimate of drug-likeness (QED) is 0.766. The predicted molar refractivity (Wildman–Crippen MR) is 67.7 cm³/mol. The maximum Gasteiger partial charge on any atom is 0.124 e. The summed E-state index contributed by atoms with van der Waals surface area (Å²) in [4.78, 5) is 2.23. The molecule has 0 N–H and O–H groups in total. The van der Waals surface area contributed by atoms with Crippen LogP contribution in [0.15, 0.2) is 18.2 Å². The number of hydrogen-bond acceptors (Lipinski definition) is 3. The molecule has 0 aliphatic heterocycles. The highest BCUT2D eigenvalue weighted by Gasteiger charge is 2.10. The Morgan fingerprint density at radius 2 is 1.62 bits per heavy atom. The van der Waals surface area contributed by atoms with Gasteiger partial charge in [-0.3, -0.25) is 0 Å². The molecule has 0 radical (unpaired) electrons. The van der Waals surface area contributed by atoms with Gasteiger partial charge in [-0.2, -0.15) is 0 Å². The SMILES string of the molecule is CCC(C)N(C)c1cc(OC)cc(OC)c1. The lowest BCUT2D eigenvalue weighted by molar-refractivity contribution is 0.394. The zero-order chi connectivity index (χ0) is 12.1. The number of hydrogen-bond donors (Lipinski definition) is 0. The second kappa shape index (κ2) is 5.64. The fourth-order valence-corrected chi connectivity index (χ4v) is 1.52. The molecule has 0 amide bonds. The minimum atomic E-state index is 0.497. The summed E-state index contributed by atoms with van der Waals surface area (Å²) in [7, 11) is 5.42. The third kappa shape index (κ3) is 2.81. The smallest absolute Gasteiger partial charge is 0.124 e. The lowest BCUT2D eigenvalue weighted by Gasteiger charge is -2.26. The summed E-state index contributed by atoms with van der Waals surface area (Å²) in [5.74, 6) is 1.65. The molecule has 0 spiro atoms. The standard InChI is InChI=1S/C13H21NO2/c1-6-10(2)14(3)11-7-12(15-4)9-13(8-11)16-5/h7-10H,6H2,1-5H3. The normalized spacial score (nSPS) is 12.1. The van der Waals surface area contributed by atoms with E-state index < -0.39 is 0 Å². The van der Waals surface area contributed by atoms with E-state index in [9.17, 15) is 0 Å². The summed E-state index contributed by atoms with van der Waals surface area (Å²) in [6.45, 7) is 4.38. The molecule has 3 heteroatoms. The average Bonchev–Trinajstić information content (AvgIpc) is 2.35. The topological polar surface area (TPSA) is 21.7 Å². The Balaban J connectivity index is 3.02. The van der Waals surface area contributed by atoms with Gasteiger partial charge < -0.3 is 14.4 Å². The van der Waals surface area contributed by atoms with E-state index in [0.29, 0.717) is 6.04 Å². The number of ether oxygens (including phenoxy) is 2. The van der Waals surface area contributed by atoms with Crippen molar-refractivity contribution in [1.82, 2.24) is 0 Å². The molecule has 1 rings (SSSR count). The first-order valence-corrected chi connectivity index (χ1v) is 5.58. The molecule has 0 heterocycles. The van der Waals surface area contributed by atoms with Gasteiger partial charge in [0.05, 0.1) is 14.2 Å². The highest BCUT2D eigenvalue weighted by atomic mass is 16.5. The van der Waals surface area contributed by atoms with Gasteiger partial charge in [-0.25, -0.2) is 0 Å². The van der Waals surface area contributed by atoms with Gasteiger partial charge in [0.25, 0.3) is 0 Å². The van der Waals surface area contributed by atoms with Crippen LogP contribution in [0, 0.1) is 0 Å². The summed E-state index contributed by atoms with van der Waals surface area (Å²) < 4.78 is 10.5.